The van der Waals surface area contributed by atoms with Gasteiger partial charge >= 0.3 is 0 Å². The number of nitriles is 1. The lowest BCUT2D eigenvalue weighted by atomic mass is 9.96. The molecule has 0 saturated carbocycles. The van der Waals surface area contributed by atoms with Gasteiger partial charge in [0, 0.05) is 38.1 Å². The Morgan fingerprint density at radius 2 is 1.96 bits per heavy atom. The maximum Gasteiger partial charge on any atom is 0.261 e. The molecule has 0 bridgehead atoms. The van der Waals surface area contributed by atoms with E-state index in [1.165, 1.54) is 30.7 Å². The third kappa shape index (κ3) is 3.36. The summed E-state index contributed by atoms with van der Waals surface area (Å²) in [4.78, 5) is 27.2. The van der Waals surface area contributed by atoms with Gasteiger partial charge in [-0.05, 0) is 30.9 Å². The number of aromatic nitrogens is 4. The summed E-state index contributed by atoms with van der Waals surface area (Å²) >= 11 is 0. The molecule has 1 aromatic carbocycles. The normalized spacial score (nSPS) is 15.0. The molecule has 0 atom stereocenters. The van der Waals surface area contributed by atoms with E-state index in [4.69, 9.17) is 0 Å². The molecule has 1 fully saturated rings. The Hall–Kier alpha value is -3.34. The molecular formula is C19H17FN6O. The van der Waals surface area contributed by atoms with Gasteiger partial charge in [0.05, 0.1) is 17.2 Å². The fourth-order valence-corrected chi connectivity index (χ4v) is 3.51. The lowest BCUT2D eigenvalue weighted by Gasteiger charge is -2.33. The van der Waals surface area contributed by atoms with Crippen molar-refractivity contribution in [1.29, 1.82) is 5.26 Å². The van der Waals surface area contributed by atoms with Gasteiger partial charge in [-0.1, -0.05) is 0 Å². The Bertz CT molecular complexity index is 1080. The van der Waals surface area contributed by atoms with Crippen molar-refractivity contribution >= 4 is 16.7 Å². The fraction of sp³-hybridized carbons (Fsp3) is 0.316. The van der Waals surface area contributed by atoms with Crippen LogP contribution in [-0.4, -0.2) is 32.6 Å². The van der Waals surface area contributed by atoms with Gasteiger partial charge in [-0.25, -0.2) is 19.3 Å². The minimum atomic E-state index is -0.403. The molecule has 1 aliphatic rings. The third-order valence-corrected chi connectivity index (χ3v) is 4.94. The Balaban J connectivity index is 1.48. The molecule has 2 aromatic heterocycles. The summed E-state index contributed by atoms with van der Waals surface area (Å²) in [5.74, 6) is 0.533. The van der Waals surface area contributed by atoms with Crippen molar-refractivity contribution < 1.29 is 4.39 Å². The van der Waals surface area contributed by atoms with Crippen LogP contribution >= 0.6 is 0 Å². The maximum atomic E-state index is 13.3. The summed E-state index contributed by atoms with van der Waals surface area (Å²) in [5, 5.41) is 9.61. The van der Waals surface area contributed by atoms with Gasteiger partial charge < -0.3 is 4.90 Å². The number of anilines is 1. The quantitative estimate of drug-likeness (QED) is 0.707. The van der Waals surface area contributed by atoms with E-state index < -0.39 is 5.82 Å². The zero-order chi connectivity index (χ0) is 18.8. The van der Waals surface area contributed by atoms with Crippen molar-refractivity contribution in [1.82, 2.24) is 19.5 Å². The van der Waals surface area contributed by atoms with Crippen LogP contribution in [0, 0.1) is 23.1 Å². The first kappa shape index (κ1) is 17.1. The molecule has 0 N–H and O–H groups in total. The van der Waals surface area contributed by atoms with Crippen LogP contribution in [-0.2, 0) is 6.54 Å². The van der Waals surface area contributed by atoms with Crippen LogP contribution in [0.15, 0.2) is 41.7 Å². The predicted octanol–water partition coefficient (Wildman–Crippen LogP) is 2.11. The third-order valence-electron chi connectivity index (χ3n) is 4.94. The lowest BCUT2D eigenvalue weighted by Crippen LogP contribution is -2.37. The molecule has 136 valence electrons. The van der Waals surface area contributed by atoms with Crippen LogP contribution in [0.5, 0.6) is 0 Å². The Labute approximate surface area is 154 Å². The van der Waals surface area contributed by atoms with Gasteiger partial charge in [-0.2, -0.15) is 5.26 Å². The average molecular weight is 364 g/mol. The van der Waals surface area contributed by atoms with Crippen molar-refractivity contribution in [2.45, 2.75) is 19.4 Å². The van der Waals surface area contributed by atoms with Crippen LogP contribution in [0.3, 0.4) is 0 Å². The highest BCUT2D eigenvalue weighted by molar-refractivity contribution is 5.77. The number of piperidine rings is 1. The van der Waals surface area contributed by atoms with E-state index in [1.807, 2.05) is 0 Å². The number of hydrogen-bond acceptors (Lipinski definition) is 6. The van der Waals surface area contributed by atoms with Crippen LogP contribution in [0.2, 0.25) is 0 Å². The highest BCUT2D eigenvalue weighted by Crippen LogP contribution is 2.24. The predicted molar refractivity (Wildman–Crippen MR) is 97.6 cm³/mol. The number of halogens is 1. The van der Waals surface area contributed by atoms with E-state index in [9.17, 15) is 14.4 Å². The molecular weight excluding hydrogens is 347 g/mol. The topological polar surface area (TPSA) is 87.7 Å². The van der Waals surface area contributed by atoms with Crippen molar-refractivity contribution in [3.8, 4) is 6.07 Å². The van der Waals surface area contributed by atoms with Gasteiger partial charge in [0.15, 0.2) is 11.5 Å². The Morgan fingerprint density at radius 1 is 1.19 bits per heavy atom. The minimum absolute atomic E-state index is 0.150. The van der Waals surface area contributed by atoms with Crippen molar-refractivity contribution in [3.63, 3.8) is 0 Å². The van der Waals surface area contributed by atoms with E-state index in [-0.39, 0.29) is 5.56 Å². The second-order valence-electron chi connectivity index (χ2n) is 6.63. The molecule has 8 heteroatoms. The van der Waals surface area contributed by atoms with E-state index in [1.54, 1.807) is 10.8 Å². The zero-order valence-corrected chi connectivity index (χ0v) is 14.5. The summed E-state index contributed by atoms with van der Waals surface area (Å²) in [5.41, 5.74) is 0.555. The van der Waals surface area contributed by atoms with Gasteiger partial charge in [-0.15, -0.1) is 0 Å². The Kier molecular flexibility index (Phi) is 4.50. The molecule has 7 nitrogen and oxygen atoms in total. The molecule has 0 unspecified atom stereocenters. The molecule has 1 aliphatic heterocycles. The fourth-order valence-electron chi connectivity index (χ4n) is 3.51. The van der Waals surface area contributed by atoms with Crippen LogP contribution in [0.25, 0.3) is 10.9 Å². The Morgan fingerprint density at radius 3 is 2.74 bits per heavy atom. The number of benzene rings is 1. The minimum Gasteiger partial charge on any atom is -0.354 e. The summed E-state index contributed by atoms with van der Waals surface area (Å²) in [6.07, 6.45) is 6.34. The monoisotopic (exact) mass is 364 g/mol. The molecule has 0 spiro atoms. The van der Waals surface area contributed by atoms with Crippen LogP contribution in [0.4, 0.5) is 10.2 Å². The molecule has 0 amide bonds. The van der Waals surface area contributed by atoms with Crippen molar-refractivity contribution in [2.24, 2.45) is 5.92 Å². The number of fused-ring (bicyclic) bond motifs is 1. The average Bonchev–Trinajstić information content (AvgIpc) is 2.70. The van der Waals surface area contributed by atoms with Gasteiger partial charge in [-0.3, -0.25) is 9.36 Å². The standard InChI is InChI=1S/C19H17FN6O/c20-14-1-2-15-16(9-14)24-12-26(19(15)27)11-13-3-7-25(8-4-13)18-17(10-21)22-5-6-23-18/h1-2,5-6,9,12-13H,3-4,7-8,11H2. The summed E-state index contributed by atoms with van der Waals surface area (Å²) < 4.78 is 14.9. The zero-order valence-electron chi connectivity index (χ0n) is 14.5. The van der Waals surface area contributed by atoms with Gasteiger partial charge in [0.2, 0.25) is 0 Å². The SMILES string of the molecule is N#Cc1nccnc1N1CCC(Cn2cnc3cc(F)ccc3c2=O)CC1. The van der Waals surface area contributed by atoms with Crippen LogP contribution < -0.4 is 10.5 Å². The summed E-state index contributed by atoms with van der Waals surface area (Å²) in [6.45, 7) is 2.07. The second-order valence-corrected chi connectivity index (χ2v) is 6.63. The first-order valence-corrected chi connectivity index (χ1v) is 8.76. The van der Waals surface area contributed by atoms with E-state index in [0.29, 0.717) is 34.9 Å². The highest BCUT2D eigenvalue weighted by atomic mass is 19.1. The molecule has 0 aliphatic carbocycles. The second kappa shape index (κ2) is 7.11. The van der Waals surface area contributed by atoms with Crippen LogP contribution in [0.1, 0.15) is 18.5 Å². The molecule has 3 aromatic rings. The molecule has 4 rings (SSSR count). The largest absolute Gasteiger partial charge is 0.354 e. The van der Waals surface area contributed by atoms with Gasteiger partial charge in [0.1, 0.15) is 11.9 Å². The maximum absolute atomic E-state index is 13.3. The first-order valence-electron chi connectivity index (χ1n) is 8.76. The number of hydrogen-bond donors (Lipinski definition) is 0. The smallest absolute Gasteiger partial charge is 0.261 e. The number of nitrogens with zero attached hydrogens (tertiary/aromatic N) is 6. The van der Waals surface area contributed by atoms with E-state index in [0.717, 1.165) is 25.9 Å². The van der Waals surface area contributed by atoms with Crippen molar-refractivity contribution in [2.75, 3.05) is 18.0 Å². The lowest BCUT2D eigenvalue weighted by molar-refractivity contribution is 0.351. The van der Waals surface area contributed by atoms with Gasteiger partial charge in [0.25, 0.3) is 5.56 Å². The first-order chi connectivity index (χ1) is 13.2. The highest BCUT2D eigenvalue weighted by Gasteiger charge is 2.23. The summed E-state index contributed by atoms with van der Waals surface area (Å²) in [7, 11) is 0. The van der Waals surface area contributed by atoms with Crippen molar-refractivity contribution in [3.05, 3.63) is 58.8 Å². The number of rotatable bonds is 3. The molecule has 0 radical (unpaired) electrons. The molecule has 27 heavy (non-hydrogen) atoms. The van der Waals surface area contributed by atoms with E-state index in [2.05, 4.69) is 25.9 Å². The van der Waals surface area contributed by atoms with E-state index >= 15 is 0 Å². The molecule has 1 saturated heterocycles. The summed E-state index contributed by atoms with van der Waals surface area (Å²) in [6, 6.07) is 6.11. The molecule has 3 heterocycles.